The highest BCUT2D eigenvalue weighted by molar-refractivity contribution is 4.93. The quantitative estimate of drug-likeness (QED) is 0.557. The molecule has 0 N–H and O–H groups in total. The summed E-state index contributed by atoms with van der Waals surface area (Å²) in [5.41, 5.74) is 0.783. The van der Waals surface area contributed by atoms with Crippen molar-refractivity contribution in [1.82, 2.24) is 4.90 Å². The predicted octanol–water partition coefficient (Wildman–Crippen LogP) is 3.30. The Morgan fingerprint density at radius 3 is 1.69 bits per heavy atom. The van der Waals surface area contributed by atoms with Gasteiger partial charge in [0.2, 0.25) is 0 Å². The normalized spacial score (nSPS) is 27.0. The second kappa shape index (κ2) is 4.99. The van der Waals surface area contributed by atoms with E-state index in [1.165, 1.54) is 51.6 Å². The van der Waals surface area contributed by atoms with Crippen LogP contribution in [0.1, 0.15) is 52.4 Å². The van der Waals surface area contributed by atoms with Gasteiger partial charge >= 0.3 is 0 Å². The number of rotatable bonds is 0. The lowest BCUT2D eigenvalue weighted by Gasteiger charge is -2.48. The summed E-state index contributed by atoms with van der Waals surface area (Å²) >= 11 is 0. The summed E-state index contributed by atoms with van der Waals surface area (Å²) in [6.45, 7) is 6.76. The molecule has 13 heavy (non-hydrogen) atoms. The monoisotopic (exact) mass is 183 g/mol. The van der Waals surface area contributed by atoms with Crippen LogP contribution in [0.4, 0.5) is 0 Å². The summed E-state index contributed by atoms with van der Waals surface area (Å²) in [6.07, 6.45) is 8.99. The second-order valence-corrected chi connectivity index (χ2v) is 4.59. The molecule has 1 saturated carbocycles. The van der Waals surface area contributed by atoms with Crippen molar-refractivity contribution in [3.63, 3.8) is 0 Å². The molecule has 1 nitrogen and oxygen atoms in total. The first-order valence-corrected chi connectivity index (χ1v) is 5.99. The molecular formula is C12H25N. The van der Waals surface area contributed by atoms with E-state index in [1.807, 2.05) is 13.8 Å². The minimum atomic E-state index is 0.783. The van der Waals surface area contributed by atoms with E-state index in [2.05, 4.69) is 11.9 Å². The Bertz CT molecular complexity index is 126. The Labute approximate surface area is 83.5 Å². The van der Waals surface area contributed by atoms with Crippen LogP contribution in [0.3, 0.4) is 0 Å². The minimum Gasteiger partial charge on any atom is -0.305 e. The van der Waals surface area contributed by atoms with Crippen LogP contribution in [0.15, 0.2) is 0 Å². The molecule has 1 spiro atoms. The van der Waals surface area contributed by atoms with E-state index in [0.29, 0.717) is 0 Å². The Balaban J connectivity index is 0.000000396. The average Bonchev–Trinajstić information content (AvgIpc) is 2.33. The largest absolute Gasteiger partial charge is 0.305 e. The SMILES string of the molecule is CC.CN1CC2(CCCCCC2)C1. The Hall–Kier alpha value is -0.0400. The van der Waals surface area contributed by atoms with Crippen LogP contribution in [-0.2, 0) is 0 Å². The van der Waals surface area contributed by atoms with Crippen molar-refractivity contribution in [1.29, 1.82) is 0 Å². The molecule has 0 aromatic heterocycles. The predicted molar refractivity (Wildman–Crippen MR) is 59.0 cm³/mol. The van der Waals surface area contributed by atoms with Gasteiger partial charge in [0.25, 0.3) is 0 Å². The van der Waals surface area contributed by atoms with Gasteiger partial charge in [-0.25, -0.2) is 0 Å². The Morgan fingerprint density at radius 2 is 1.31 bits per heavy atom. The standard InChI is InChI=1S/C10H19N.C2H6/c1-11-8-10(9-11)6-4-2-3-5-7-10;1-2/h2-9H2,1H3;1-2H3. The topological polar surface area (TPSA) is 3.24 Å². The van der Waals surface area contributed by atoms with E-state index in [4.69, 9.17) is 0 Å². The van der Waals surface area contributed by atoms with Gasteiger partial charge in [-0.1, -0.05) is 39.5 Å². The molecule has 0 aromatic rings. The molecule has 1 saturated heterocycles. The van der Waals surface area contributed by atoms with Gasteiger partial charge in [-0.3, -0.25) is 0 Å². The molecule has 2 rings (SSSR count). The lowest BCUT2D eigenvalue weighted by Crippen LogP contribution is -2.53. The van der Waals surface area contributed by atoms with Gasteiger partial charge in [-0.05, 0) is 25.3 Å². The highest BCUT2D eigenvalue weighted by Crippen LogP contribution is 2.41. The fourth-order valence-electron chi connectivity index (χ4n) is 2.89. The van der Waals surface area contributed by atoms with Crippen LogP contribution in [0, 0.1) is 5.41 Å². The zero-order valence-corrected chi connectivity index (χ0v) is 9.60. The molecule has 0 aromatic carbocycles. The maximum Gasteiger partial charge on any atom is 0.00474 e. The molecule has 1 aliphatic carbocycles. The second-order valence-electron chi connectivity index (χ2n) is 4.59. The molecule has 2 aliphatic rings. The van der Waals surface area contributed by atoms with Gasteiger partial charge in [0.05, 0.1) is 0 Å². The van der Waals surface area contributed by atoms with Crippen LogP contribution in [0.25, 0.3) is 0 Å². The molecule has 0 radical (unpaired) electrons. The average molecular weight is 183 g/mol. The molecule has 78 valence electrons. The Kier molecular flexibility index (Phi) is 4.24. The number of hydrogen-bond donors (Lipinski definition) is 0. The fourth-order valence-corrected chi connectivity index (χ4v) is 2.89. The van der Waals surface area contributed by atoms with Gasteiger partial charge in [0.1, 0.15) is 0 Å². The first-order chi connectivity index (χ1) is 6.31. The molecule has 2 fully saturated rings. The van der Waals surface area contributed by atoms with E-state index in [-0.39, 0.29) is 0 Å². The number of nitrogens with zero attached hydrogens (tertiary/aromatic N) is 1. The third kappa shape index (κ3) is 2.70. The van der Waals surface area contributed by atoms with Crippen molar-refractivity contribution in [3.05, 3.63) is 0 Å². The molecule has 0 atom stereocenters. The zero-order valence-electron chi connectivity index (χ0n) is 9.60. The summed E-state index contributed by atoms with van der Waals surface area (Å²) in [4.78, 5) is 2.46. The van der Waals surface area contributed by atoms with E-state index in [1.54, 1.807) is 0 Å². The summed E-state index contributed by atoms with van der Waals surface area (Å²) in [6, 6.07) is 0. The van der Waals surface area contributed by atoms with Gasteiger partial charge < -0.3 is 4.90 Å². The molecule has 0 amide bonds. The third-order valence-electron chi connectivity index (χ3n) is 3.37. The van der Waals surface area contributed by atoms with Crippen molar-refractivity contribution in [3.8, 4) is 0 Å². The number of likely N-dealkylation sites (tertiary alicyclic amines) is 1. The van der Waals surface area contributed by atoms with Crippen molar-refractivity contribution in [2.24, 2.45) is 5.41 Å². The zero-order chi connectivity index (χ0) is 9.73. The van der Waals surface area contributed by atoms with Gasteiger partial charge in [-0.15, -0.1) is 0 Å². The minimum absolute atomic E-state index is 0.783. The molecule has 1 heteroatoms. The van der Waals surface area contributed by atoms with E-state index in [0.717, 1.165) is 5.41 Å². The van der Waals surface area contributed by atoms with Crippen LogP contribution in [0.5, 0.6) is 0 Å². The smallest absolute Gasteiger partial charge is 0.00474 e. The van der Waals surface area contributed by atoms with Crippen molar-refractivity contribution in [2.75, 3.05) is 20.1 Å². The van der Waals surface area contributed by atoms with Gasteiger partial charge in [0, 0.05) is 13.1 Å². The fraction of sp³-hybridized carbons (Fsp3) is 1.00. The van der Waals surface area contributed by atoms with Gasteiger partial charge in [-0.2, -0.15) is 0 Å². The molecular weight excluding hydrogens is 158 g/mol. The van der Waals surface area contributed by atoms with Crippen LogP contribution in [-0.4, -0.2) is 25.0 Å². The maximum absolute atomic E-state index is 2.46. The summed E-state index contributed by atoms with van der Waals surface area (Å²) < 4.78 is 0. The molecule has 1 aliphatic heterocycles. The van der Waals surface area contributed by atoms with E-state index < -0.39 is 0 Å². The first-order valence-electron chi connectivity index (χ1n) is 5.99. The highest BCUT2D eigenvalue weighted by atomic mass is 15.2. The Morgan fingerprint density at radius 1 is 0.846 bits per heavy atom. The molecule has 0 unspecified atom stereocenters. The van der Waals surface area contributed by atoms with Crippen molar-refractivity contribution >= 4 is 0 Å². The van der Waals surface area contributed by atoms with Crippen LogP contribution in [0.2, 0.25) is 0 Å². The highest BCUT2D eigenvalue weighted by Gasteiger charge is 2.40. The summed E-state index contributed by atoms with van der Waals surface area (Å²) in [7, 11) is 2.25. The van der Waals surface area contributed by atoms with Crippen molar-refractivity contribution in [2.45, 2.75) is 52.4 Å². The summed E-state index contributed by atoms with van der Waals surface area (Å²) in [5, 5.41) is 0. The van der Waals surface area contributed by atoms with E-state index in [9.17, 15) is 0 Å². The van der Waals surface area contributed by atoms with E-state index >= 15 is 0 Å². The van der Waals surface area contributed by atoms with Gasteiger partial charge in [0.15, 0.2) is 0 Å². The van der Waals surface area contributed by atoms with Crippen LogP contribution >= 0.6 is 0 Å². The lowest BCUT2D eigenvalue weighted by molar-refractivity contribution is 0.00888. The molecule has 0 bridgehead atoms. The lowest BCUT2D eigenvalue weighted by atomic mass is 9.74. The first kappa shape index (κ1) is 11.0. The molecule has 1 heterocycles. The third-order valence-corrected chi connectivity index (χ3v) is 3.37. The van der Waals surface area contributed by atoms with Crippen LogP contribution < -0.4 is 0 Å². The maximum atomic E-state index is 2.46. The summed E-state index contributed by atoms with van der Waals surface area (Å²) in [5.74, 6) is 0. The van der Waals surface area contributed by atoms with Crippen molar-refractivity contribution < 1.29 is 0 Å². The number of hydrogen-bond acceptors (Lipinski definition) is 1.